The first kappa shape index (κ1) is 13.8. The Morgan fingerprint density at radius 3 is 2.11 bits per heavy atom. The second-order valence-electron chi connectivity index (χ2n) is 8.39. The molecule has 0 aliphatic heterocycles. The van der Waals surface area contributed by atoms with E-state index in [2.05, 4.69) is 13.8 Å². The summed E-state index contributed by atoms with van der Waals surface area (Å²) in [6.07, 6.45) is 7.51. The van der Waals surface area contributed by atoms with Gasteiger partial charge in [-0.1, -0.05) is 13.8 Å². The van der Waals surface area contributed by atoms with E-state index in [1.807, 2.05) is 0 Å². The largest absolute Gasteiger partial charge is 0.313 e. The molecule has 4 rings (SSSR count). The fraction of sp³-hybridized carbons (Fsp3) is 1.00. The maximum atomic E-state index is 11.2. The summed E-state index contributed by atoms with van der Waals surface area (Å²) in [7, 11) is -4.11. The van der Waals surface area contributed by atoms with E-state index in [1.54, 1.807) is 0 Å². The molecule has 0 amide bonds. The van der Waals surface area contributed by atoms with Crippen LogP contribution in [0.4, 0.5) is 0 Å². The van der Waals surface area contributed by atoms with E-state index in [4.69, 9.17) is 10.3 Å². The molecule has 110 valence electrons. The zero-order chi connectivity index (χ0) is 14.1. The molecule has 0 heterocycles. The molecule has 0 aromatic heterocycles. The summed E-state index contributed by atoms with van der Waals surface area (Å²) in [4.78, 5) is 0. The van der Waals surface area contributed by atoms with Gasteiger partial charge in [-0.3, -0.25) is 4.55 Å². The second-order valence-corrected chi connectivity index (χ2v) is 10.0. The van der Waals surface area contributed by atoms with Crippen molar-refractivity contribution in [1.29, 1.82) is 0 Å². The second kappa shape index (κ2) is 3.74. The number of hydrogen-bond acceptors (Lipinski definition) is 3. The third-order valence-electron chi connectivity index (χ3n) is 5.76. The van der Waals surface area contributed by atoms with Crippen LogP contribution in [-0.2, 0) is 10.1 Å². The molecule has 0 aromatic rings. The van der Waals surface area contributed by atoms with Crippen LogP contribution in [0.1, 0.15) is 58.8 Å². The van der Waals surface area contributed by atoms with Gasteiger partial charge in [-0.05, 0) is 67.1 Å². The smallest absolute Gasteiger partial charge is 0.280 e. The van der Waals surface area contributed by atoms with E-state index in [-0.39, 0.29) is 5.41 Å². The highest BCUT2D eigenvalue weighted by Gasteiger charge is 2.60. The van der Waals surface area contributed by atoms with Gasteiger partial charge in [0.05, 0.1) is 0 Å². The topological polar surface area (TPSA) is 80.4 Å². The van der Waals surface area contributed by atoms with E-state index >= 15 is 0 Å². The van der Waals surface area contributed by atoms with Crippen LogP contribution in [0.3, 0.4) is 0 Å². The Morgan fingerprint density at radius 1 is 1.16 bits per heavy atom. The van der Waals surface area contributed by atoms with Gasteiger partial charge in [0, 0.05) is 0 Å². The van der Waals surface area contributed by atoms with Gasteiger partial charge in [0.2, 0.25) is 0 Å². The van der Waals surface area contributed by atoms with Crippen LogP contribution in [0.25, 0.3) is 0 Å². The van der Waals surface area contributed by atoms with Crippen LogP contribution >= 0.6 is 0 Å². The average molecular weight is 287 g/mol. The Morgan fingerprint density at radius 2 is 1.68 bits per heavy atom. The molecular formula is C14H25NO3S. The normalized spacial score (nSPS) is 50.4. The first-order chi connectivity index (χ1) is 8.53. The molecule has 4 aliphatic rings. The van der Waals surface area contributed by atoms with E-state index in [1.165, 1.54) is 19.3 Å². The van der Waals surface area contributed by atoms with E-state index in [0.717, 1.165) is 25.2 Å². The Hall–Kier alpha value is -0.130. The lowest BCUT2D eigenvalue weighted by Gasteiger charge is -2.65. The number of nitrogens with two attached hydrogens (primary N) is 1. The van der Waals surface area contributed by atoms with Crippen LogP contribution in [0.2, 0.25) is 0 Å². The molecule has 0 aromatic carbocycles. The first-order valence-electron chi connectivity index (χ1n) is 7.25. The minimum absolute atomic E-state index is 0.0398. The molecule has 19 heavy (non-hydrogen) atoms. The van der Waals surface area contributed by atoms with E-state index < -0.39 is 15.5 Å². The standard InChI is InChI=1S/C14H25NO3S/c1-12-3-10-4-13(2,7-12)9-14(5-10,8-12)6-11(15)19(16,17)18/h10-11H,3-9,15H2,1-2H3,(H,16,17,18). The molecule has 3 N–H and O–H groups in total. The lowest BCUT2D eigenvalue weighted by Crippen LogP contribution is -2.56. The van der Waals surface area contributed by atoms with Gasteiger partial charge in [0.25, 0.3) is 10.1 Å². The van der Waals surface area contributed by atoms with Crippen molar-refractivity contribution in [3.63, 3.8) is 0 Å². The van der Waals surface area contributed by atoms with E-state index in [0.29, 0.717) is 17.3 Å². The summed E-state index contributed by atoms with van der Waals surface area (Å²) in [5.74, 6) is 0.722. The van der Waals surface area contributed by atoms with Crippen LogP contribution < -0.4 is 5.73 Å². The third-order valence-corrected chi connectivity index (χ3v) is 6.69. The van der Waals surface area contributed by atoms with Gasteiger partial charge in [-0.15, -0.1) is 0 Å². The van der Waals surface area contributed by atoms with Crippen molar-refractivity contribution in [2.24, 2.45) is 27.9 Å². The van der Waals surface area contributed by atoms with Crippen molar-refractivity contribution in [1.82, 2.24) is 0 Å². The Kier molecular flexibility index (Phi) is 2.72. The lowest BCUT2D eigenvalue weighted by molar-refractivity contribution is -0.147. The van der Waals surface area contributed by atoms with Crippen molar-refractivity contribution in [3.05, 3.63) is 0 Å². The molecule has 5 heteroatoms. The van der Waals surface area contributed by atoms with Crippen molar-refractivity contribution >= 4 is 10.1 Å². The highest BCUT2D eigenvalue weighted by atomic mass is 32.2. The molecule has 0 radical (unpaired) electrons. The summed E-state index contributed by atoms with van der Waals surface area (Å²) in [5, 5.41) is -1.11. The van der Waals surface area contributed by atoms with Crippen molar-refractivity contribution in [2.45, 2.75) is 64.2 Å². The minimum atomic E-state index is -4.11. The SMILES string of the molecule is CC12CC3CC(C)(C1)CC(CC(N)S(=O)(=O)O)(C3)C2. The van der Waals surface area contributed by atoms with Crippen LogP contribution in [0, 0.1) is 22.2 Å². The van der Waals surface area contributed by atoms with Crippen molar-refractivity contribution in [3.8, 4) is 0 Å². The zero-order valence-electron chi connectivity index (χ0n) is 11.9. The molecule has 3 unspecified atom stereocenters. The van der Waals surface area contributed by atoms with Crippen molar-refractivity contribution in [2.75, 3.05) is 0 Å². The Bertz CT molecular complexity index is 483. The fourth-order valence-electron chi connectivity index (χ4n) is 6.44. The summed E-state index contributed by atoms with van der Waals surface area (Å²) in [6, 6.07) is 0. The molecule has 4 fully saturated rings. The highest BCUT2D eigenvalue weighted by Crippen LogP contribution is 2.70. The maximum Gasteiger partial charge on any atom is 0.280 e. The zero-order valence-corrected chi connectivity index (χ0v) is 12.7. The van der Waals surface area contributed by atoms with Gasteiger partial charge in [0.15, 0.2) is 0 Å². The predicted molar refractivity (Wildman–Crippen MR) is 74.0 cm³/mol. The maximum absolute atomic E-state index is 11.2. The molecule has 0 spiro atoms. The molecule has 4 nitrogen and oxygen atoms in total. The van der Waals surface area contributed by atoms with Gasteiger partial charge in [-0.25, -0.2) is 0 Å². The molecule has 4 saturated carbocycles. The van der Waals surface area contributed by atoms with Gasteiger partial charge in [-0.2, -0.15) is 8.42 Å². The van der Waals surface area contributed by atoms with Gasteiger partial charge >= 0.3 is 0 Å². The molecule has 4 aliphatic carbocycles. The third kappa shape index (κ3) is 2.34. The van der Waals surface area contributed by atoms with Crippen LogP contribution in [0.15, 0.2) is 0 Å². The minimum Gasteiger partial charge on any atom is -0.313 e. The van der Waals surface area contributed by atoms with Gasteiger partial charge in [0.1, 0.15) is 5.37 Å². The number of rotatable bonds is 3. The lowest BCUT2D eigenvalue weighted by atomic mass is 9.40. The van der Waals surface area contributed by atoms with Crippen LogP contribution in [0.5, 0.6) is 0 Å². The molecule has 4 bridgehead atoms. The average Bonchev–Trinajstić information content (AvgIpc) is 2.07. The molecular weight excluding hydrogens is 262 g/mol. The summed E-state index contributed by atoms with van der Waals surface area (Å²) < 4.78 is 31.7. The van der Waals surface area contributed by atoms with Gasteiger partial charge < -0.3 is 5.73 Å². The summed E-state index contributed by atoms with van der Waals surface area (Å²) >= 11 is 0. The predicted octanol–water partition coefficient (Wildman–Crippen LogP) is 2.55. The Labute approximate surface area is 115 Å². The fourth-order valence-corrected chi connectivity index (χ4v) is 7.01. The molecule has 0 saturated heterocycles. The van der Waals surface area contributed by atoms with E-state index in [9.17, 15) is 8.42 Å². The van der Waals surface area contributed by atoms with Crippen molar-refractivity contribution < 1.29 is 13.0 Å². The quantitative estimate of drug-likeness (QED) is 0.782. The van der Waals surface area contributed by atoms with Crippen LogP contribution in [-0.4, -0.2) is 18.3 Å². The molecule has 3 atom stereocenters. The number of hydrogen-bond donors (Lipinski definition) is 2. The Balaban J connectivity index is 1.89. The summed E-state index contributed by atoms with van der Waals surface area (Å²) in [6.45, 7) is 4.70. The highest BCUT2D eigenvalue weighted by molar-refractivity contribution is 7.86. The summed E-state index contributed by atoms with van der Waals surface area (Å²) in [5.41, 5.74) is 6.47. The monoisotopic (exact) mass is 287 g/mol. The first-order valence-corrected chi connectivity index (χ1v) is 8.76.